The Morgan fingerprint density at radius 2 is 1.95 bits per heavy atom. The van der Waals surface area contributed by atoms with E-state index >= 15 is 0 Å². The third kappa shape index (κ3) is 6.02. The molecule has 196 valence electrons. The van der Waals surface area contributed by atoms with E-state index in [1.54, 1.807) is 27.8 Å². The minimum Gasteiger partial charge on any atom is -0.444 e. The Hall–Kier alpha value is -3.66. The molecule has 2 aliphatic rings. The van der Waals surface area contributed by atoms with E-state index < -0.39 is 5.60 Å². The predicted molar refractivity (Wildman–Crippen MR) is 145 cm³/mol. The highest BCUT2D eigenvalue weighted by Crippen LogP contribution is 2.24. The van der Waals surface area contributed by atoms with Crippen LogP contribution in [-0.4, -0.2) is 70.4 Å². The molecule has 0 saturated carbocycles. The maximum absolute atomic E-state index is 12.8. The van der Waals surface area contributed by atoms with E-state index in [9.17, 15) is 9.59 Å². The smallest absolute Gasteiger partial charge is 0.410 e. The number of fused-ring (bicyclic) bond motifs is 1. The highest BCUT2D eigenvalue weighted by atomic mass is 16.6. The summed E-state index contributed by atoms with van der Waals surface area (Å²) < 4.78 is 7.14. The first-order valence-electron chi connectivity index (χ1n) is 12.9. The number of nitrogens with zero attached hydrogens (tertiary/aromatic N) is 5. The number of hydrogen-bond acceptors (Lipinski definition) is 8. The summed E-state index contributed by atoms with van der Waals surface area (Å²) in [4.78, 5) is 38.2. The molecule has 0 radical (unpaired) electrons. The minimum absolute atomic E-state index is 0.0961. The lowest BCUT2D eigenvalue weighted by atomic mass is 9.97. The van der Waals surface area contributed by atoms with Gasteiger partial charge in [0.15, 0.2) is 0 Å². The van der Waals surface area contributed by atoms with Gasteiger partial charge in [-0.25, -0.2) is 9.78 Å². The van der Waals surface area contributed by atoms with Crippen molar-refractivity contribution in [1.82, 2.24) is 24.8 Å². The molecule has 2 N–H and O–H groups in total. The fraction of sp³-hybridized carbons (Fsp3) is 0.481. The number of anilines is 3. The Kier molecular flexibility index (Phi) is 7.01. The Labute approximate surface area is 216 Å². The summed E-state index contributed by atoms with van der Waals surface area (Å²) in [5.74, 6) is 0.769. The van der Waals surface area contributed by atoms with Crippen LogP contribution in [0.3, 0.4) is 0 Å². The van der Waals surface area contributed by atoms with Crippen molar-refractivity contribution in [2.45, 2.75) is 39.3 Å². The summed E-state index contributed by atoms with van der Waals surface area (Å²) in [6.07, 6.45) is 2.24. The molecular formula is C27H35N7O3. The topological polar surface area (TPSA) is 105 Å². The number of aryl methyl sites for hydroxylation is 1. The summed E-state index contributed by atoms with van der Waals surface area (Å²) in [7, 11) is 0. The molecule has 5 rings (SSSR count). The lowest BCUT2D eigenvalue weighted by Crippen LogP contribution is -2.51. The van der Waals surface area contributed by atoms with Gasteiger partial charge in [0.05, 0.1) is 0 Å². The molecule has 2 aliphatic heterocycles. The fourth-order valence-electron chi connectivity index (χ4n) is 4.72. The number of carbonyl (C=O) groups excluding carboxylic acids is 1. The number of amides is 1. The van der Waals surface area contributed by atoms with E-state index in [-0.39, 0.29) is 11.7 Å². The van der Waals surface area contributed by atoms with Crippen molar-refractivity contribution in [3.63, 3.8) is 0 Å². The van der Waals surface area contributed by atoms with Crippen molar-refractivity contribution >= 4 is 34.4 Å². The number of carbonyl (C=O) groups is 1. The van der Waals surface area contributed by atoms with Gasteiger partial charge in [0.2, 0.25) is 5.95 Å². The van der Waals surface area contributed by atoms with E-state index in [0.29, 0.717) is 37.1 Å². The molecule has 0 spiro atoms. The third-order valence-electron chi connectivity index (χ3n) is 6.68. The molecule has 4 heterocycles. The number of hydrogen-bond donors (Lipinski definition) is 2. The van der Waals surface area contributed by atoms with Gasteiger partial charge in [-0.1, -0.05) is 6.07 Å². The maximum atomic E-state index is 12.8. The van der Waals surface area contributed by atoms with Crippen LogP contribution in [0.25, 0.3) is 11.0 Å². The Bertz CT molecular complexity index is 1320. The van der Waals surface area contributed by atoms with Crippen LogP contribution >= 0.6 is 0 Å². The van der Waals surface area contributed by atoms with E-state index in [1.807, 2.05) is 32.9 Å². The summed E-state index contributed by atoms with van der Waals surface area (Å²) in [5, 5.41) is 7.49. The monoisotopic (exact) mass is 505 g/mol. The minimum atomic E-state index is -0.504. The van der Waals surface area contributed by atoms with Crippen LogP contribution in [0.4, 0.5) is 22.1 Å². The van der Waals surface area contributed by atoms with Crippen LogP contribution in [0, 0.1) is 5.92 Å². The van der Waals surface area contributed by atoms with Crippen molar-refractivity contribution in [2.75, 3.05) is 49.5 Å². The molecule has 3 aromatic rings. The van der Waals surface area contributed by atoms with Crippen LogP contribution < -0.4 is 21.1 Å². The van der Waals surface area contributed by atoms with Gasteiger partial charge in [0.25, 0.3) is 5.56 Å². The summed E-state index contributed by atoms with van der Waals surface area (Å²) >= 11 is 0. The zero-order chi connectivity index (χ0) is 26.0. The number of pyridine rings is 1. The summed E-state index contributed by atoms with van der Waals surface area (Å²) in [6, 6.07) is 11.5. The molecule has 2 fully saturated rings. The number of piperazine rings is 1. The highest BCUT2D eigenvalue weighted by Gasteiger charge is 2.33. The van der Waals surface area contributed by atoms with Crippen LogP contribution in [-0.2, 0) is 11.3 Å². The molecule has 2 aromatic heterocycles. The second-order valence-corrected chi connectivity index (χ2v) is 10.7. The highest BCUT2D eigenvalue weighted by molar-refractivity contribution is 5.76. The van der Waals surface area contributed by atoms with Crippen molar-refractivity contribution in [3.05, 3.63) is 52.9 Å². The second-order valence-electron chi connectivity index (χ2n) is 10.7. The van der Waals surface area contributed by atoms with Crippen molar-refractivity contribution in [1.29, 1.82) is 0 Å². The SMILES string of the molecule is CC(C)(C)OC(=O)N1CC(CCn2c(=O)ccc3cnc(Nc4cccc(N5CCNCC5)c4)nc32)C1. The van der Waals surface area contributed by atoms with E-state index in [1.165, 1.54) is 0 Å². The number of aromatic nitrogens is 3. The van der Waals surface area contributed by atoms with Crippen molar-refractivity contribution in [3.8, 4) is 0 Å². The number of benzene rings is 1. The number of likely N-dealkylation sites (tertiary alicyclic amines) is 1. The zero-order valence-corrected chi connectivity index (χ0v) is 21.7. The number of rotatable bonds is 6. The largest absolute Gasteiger partial charge is 0.444 e. The first-order chi connectivity index (χ1) is 17.7. The fourth-order valence-corrected chi connectivity index (χ4v) is 4.72. The van der Waals surface area contributed by atoms with E-state index in [2.05, 4.69) is 32.7 Å². The molecule has 0 aliphatic carbocycles. The summed E-state index contributed by atoms with van der Waals surface area (Å²) in [6.45, 7) is 11.3. The Balaban J connectivity index is 1.27. The number of ether oxygens (including phenoxy) is 1. The molecule has 0 atom stereocenters. The third-order valence-corrected chi connectivity index (χ3v) is 6.68. The quantitative estimate of drug-likeness (QED) is 0.526. The van der Waals surface area contributed by atoms with Crippen LogP contribution in [0.15, 0.2) is 47.4 Å². The van der Waals surface area contributed by atoms with Gasteiger partial charge >= 0.3 is 6.09 Å². The van der Waals surface area contributed by atoms with Crippen molar-refractivity contribution in [2.24, 2.45) is 5.92 Å². The molecule has 37 heavy (non-hydrogen) atoms. The first-order valence-corrected chi connectivity index (χ1v) is 12.9. The molecule has 1 aromatic carbocycles. The molecule has 1 amide bonds. The average Bonchev–Trinajstić information content (AvgIpc) is 2.84. The van der Waals surface area contributed by atoms with Gasteiger partial charge in [-0.15, -0.1) is 0 Å². The van der Waals surface area contributed by atoms with Crippen LogP contribution in [0.5, 0.6) is 0 Å². The van der Waals surface area contributed by atoms with E-state index in [4.69, 9.17) is 9.72 Å². The lowest BCUT2D eigenvalue weighted by Gasteiger charge is -2.39. The first kappa shape index (κ1) is 25.0. The Morgan fingerprint density at radius 1 is 1.16 bits per heavy atom. The van der Waals surface area contributed by atoms with Gasteiger partial charge in [0.1, 0.15) is 11.2 Å². The summed E-state index contributed by atoms with van der Waals surface area (Å²) in [5.41, 5.74) is 2.06. The van der Waals surface area contributed by atoms with Gasteiger partial charge in [-0.3, -0.25) is 9.36 Å². The normalized spacial score (nSPS) is 16.5. The zero-order valence-electron chi connectivity index (χ0n) is 21.7. The molecular weight excluding hydrogens is 470 g/mol. The van der Waals surface area contributed by atoms with Crippen molar-refractivity contribution < 1.29 is 9.53 Å². The van der Waals surface area contributed by atoms with Gasteiger partial charge in [-0.2, -0.15) is 4.98 Å². The van der Waals surface area contributed by atoms with Gasteiger partial charge < -0.3 is 25.2 Å². The molecule has 2 saturated heterocycles. The molecule has 10 heteroatoms. The van der Waals surface area contributed by atoms with Gasteiger partial charge in [0, 0.05) is 74.8 Å². The Morgan fingerprint density at radius 3 is 2.70 bits per heavy atom. The van der Waals surface area contributed by atoms with E-state index in [0.717, 1.165) is 49.4 Å². The van der Waals surface area contributed by atoms with Gasteiger partial charge in [-0.05, 0) is 57.4 Å². The molecule has 10 nitrogen and oxygen atoms in total. The standard InChI is InChI=1S/C27H35N7O3/c1-27(2,3)37-26(36)33-17-19(18-33)9-12-34-23(35)8-7-20-16-29-25(31-24(20)34)30-21-5-4-6-22(15-21)32-13-10-28-11-14-32/h4-8,15-16,19,28H,9-14,17-18H2,1-3H3,(H,29,30,31). The van der Waals surface area contributed by atoms with Crippen LogP contribution in [0.1, 0.15) is 27.2 Å². The predicted octanol–water partition coefficient (Wildman–Crippen LogP) is 3.20. The second kappa shape index (κ2) is 10.4. The van der Waals surface area contributed by atoms with Crippen LogP contribution in [0.2, 0.25) is 0 Å². The molecule has 0 unspecified atom stereocenters. The lowest BCUT2D eigenvalue weighted by molar-refractivity contribution is -0.00265. The maximum Gasteiger partial charge on any atom is 0.410 e. The number of nitrogens with one attached hydrogen (secondary N) is 2. The molecule has 0 bridgehead atoms. The average molecular weight is 506 g/mol.